The van der Waals surface area contributed by atoms with Gasteiger partial charge in [-0.3, -0.25) is 4.98 Å². The van der Waals surface area contributed by atoms with Crippen LogP contribution in [0.15, 0.2) is 164 Å². The molecule has 1 radical (unpaired) electrons. The Labute approximate surface area is 362 Å². The fraction of sp³-hybridized carbons (Fsp3) is 0.0600. The van der Waals surface area contributed by atoms with Crippen LogP contribution in [0.3, 0.4) is 0 Å². The summed E-state index contributed by atoms with van der Waals surface area (Å²) in [5, 5.41) is 1.82. The SMILES string of the molecule is Fc1ccc2c(c1)nc(-c1[c-]ccc3c1sc1cc(F)ncc13)n2-c1c(-c2ccccc2)cccc1-c1ccccc1.[CH3][Ge]([CH3])([CH3])[c]1ccc(-c2[c-]cccc2)nc1.[Ir]. The zero-order valence-corrected chi connectivity index (χ0v) is 37.7. The summed E-state index contributed by atoms with van der Waals surface area (Å²) in [5.41, 5.74) is 9.18. The van der Waals surface area contributed by atoms with Gasteiger partial charge < -0.3 is 4.57 Å². The first kappa shape index (κ1) is 40.2. The van der Waals surface area contributed by atoms with E-state index in [2.05, 4.69) is 98.5 Å². The molecule has 4 heterocycles. The number of hydrogen-bond donors (Lipinski definition) is 0. The van der Waals surface area contributed by atoms with Crippen LogP contribution in [-0.4, -0.2) is 32.8 Å². The van der Waals surface area contributed by atoms with Gasteiger partial charge in [-0.05, 0) is 33.3 Å². The number of thiophene rings is 1. The normalized spacial score (nSPS) is 11.3. The molecule has 0 saturated carbocycles. The zero-order chi connectivity index (χ0) is 39.8. The number of para-hydroxylation sites is 1. The van der Waals surface area contributed by atoms with E-state index in [1.54, 1.807) is 12.3 Å². The van der Waals surface area contributed by atoms with Crippen molar-refractivity contribution >= 4 is 60.2 Å². The van der Waals surface area contributed by atoms with E-state index in [4.69, 9.17) is 4.98 Å². The Morgan fingerprint density at radius 2 is 1.36 bits per heavy atom. The molecule has 0 bridgehead atoms. The van der Waals surface area contributed by atoms with Crippen LogP contribution in [0.2, 0.25) is 17.3 Å². The van der Waals surface area contributed by atoms with Crippen molar-refractivity contribution < 1.29 is 28.9 Å². The Balaban J connectivity index is 0.000000240. The summed E-state index contributed by atoms with van der Waals surface area (Å²) in [7, 11) is 0. The summed E-state index contributed by atoms with van der Waals surface area (Å²) in [6.07, 6.45) is 3.61. The van der Waals surface area contributed by atoms with E-state index in [1.807, 2.05) is 79.0 Å². The number of pyridine rings is 2. The van der Waals surface area contributed by atoms with Crippen LogP contribution in [-0.2, 0) is 20.1 Å². The molecule has 4 nitrogen and oxygen atoms in total. The Bertz CT molecular complexity index is 3000. The average molecular weight is 1030 g/mol. The van der Waals surface area contributed by atoms with Gasteiger partial charge in [0.15, 0.2) is 0 Å². The molecule has 0 spiro atoms. The molecule has 0 amide bonds. The van der Waals surface area contributed by atoms with Gasteiger partial charge in [-0.1, -0.05) is 89.8 Å². The Kier molecular flexibility index (Phi) is 11.5. The van der Waals surface area contributed by atoms with Crippen LogP contribution in [0, 0.1) is 23.9 Å². The largest absolute Gasteiger partial charge is 0 e. The molecule has 0 aliphatic rings. The van der Waals surface area contributed by atoms with E-state index >= 15 is 0 Å². The molecule has 0 aliphatic carbocycles. The topological polar surface area (TPSA) is 43.6 Å². The van der Waals surface area contributed by atoms with Crippen molar-refractivity contribution in [3.05, 3.63) is 188 Å². The number of imidazole rings is 1. The average Bonchev–Trinajstić information content (AvgIpc) is 3.82. The van der Waals surface area contributed by atoms with E-state index < -0.39 is 19.2 Å². The second kappa shape index (κ2) is 16.9. The number of halogens is 2. The van der Waals surface area contributed by atoms with Crippen LogP contribution < -0.4 is 4.40 Å². The Morgan fingerprint density at radius 3 is 2.00 bits per heavy atom. The summed E-state index contributed by atoms with van der Waals surface area (Å²) in [5.74, 6) is 6.89. The van der Waals surface area contributed by atoms with E-state index in [1.165, 1.54) is 33.9 Å². The van der Waals surface area contributed by atoms with E-state index in [-0.39, 0.29) is 25.9 Å². The molecule has 4 aromatic heterocycles. The fourth-order valence-electron chi connectivity index (χ4n) is 7.26. The first-order valence-electron chi connectivity index (χ1n) is 19.0. The van der Waals surface area contributed by atoms with Crippen molar-refractivity contribution in [2.24, 2.45) is 0 Å². The third-order valence-corrected chi connectivity index (χ3v) is 15.6. The summed E-state index contributed by atoms with van der Waals surface area (Å²) < 4.78 is 34.0. The maximum atomic E-state index is 14.6. The summed E-state index contributed by atoms with van der Waals surface area (Å²) >= 11 is -0.239. The molecule has 0 atom stereocenters. The third kappa shape index (κ3) is 8.06. The van der Waals surface area contributed by atoms with E-state index in [0.717, 1.165) is 70.5 Å². The second-order valence-corrected chi connectivity index (χ2v) is 26.7. The molecule has 0 saturated heterocycles. The first-order valence-corrected chi connectivity index (χ1v) is 27.1. The van der Waals surface area contributed by atoms with Gasteiger partial charge in [0, 0.05) is 54.3 Å². The number of nitrogens with zero attached hydrogens (tertiary/aromatic N) is 4. The van der Waals surface area contributed by atoms with Crippen molar-refractivity contribution in [2.75, 3.05) is 0 Å². The minimum Gasteiger partial charge on any atom is 0 e. The molecular weight excluding hydrogens is 991 g/mol. The third-order valence-electron chi connectivity index (χ3n) is 10.2. The van der Waals surface area contributed by atoms with Crippen molar-refractivity contribution in [3.63, 3.8) is 0 Å². The molecule has 6 aromatic carbocycles. The molecule has 10 aromatic rings. The van der Waals surface area contributed by atoms with E-state index in [0.29, 0.717) is 11.3 Å². The predicted octanol–water partition coefficient (Wildman–Crippen LogP) is 13.0. The first-order chi connectivity index (χ1) is 28.2. The Hall–Kier alpha value is -5.64. The Morgan fingerprint density at radius 1 is 0.644 bits per heavy atom. The van der Waals surface area contributed by atoms with Crippen LogP contribution in [0.25, 0.3) is 81.8 Å². The van der Waals surface area contributed by atoms with Gasteiger partial charge >= 0.3 is 99.8 Å². The molecule has 0 unspecified atom stereocenters. The zero-order valence-electron chi connectivity index (χ0n) is 32.4. The fourth-order valence-corrected chi connectivity index (χ4v) is 10.6. The molecule has 291 valence electrons. The summed E-state index contributed by atoms with van der Waals surface area (Å²) in [6, 6.07) is 55.6. The number of fused-ring (bicyclic) bond motifs is 4. The van der Waals surface area contributed by atoms with Gasteiger partial charge in [-0.2, -0.15) is 15.7 Å². The van der Waals surface area contributed by atoms with Gasteiger partial charge in [-0.15, -0.1) is 18.2 Å². The second-order valence-electron chi connectivity index (χ2n) is 15.0. The molecule has 10 rings (SSSR count). The number of aromatic nitrogens is 4. The maximum absolute atomic E-state index is 14.6. The smallest absolute Gasteiger partial charge is 0 e. The molecule has 0 aliphatic heterocycles. The summed E-state index contributed by atoms with van der Waals surface area (Å²) in [6.45, 7) is 0. The van der Waals surface area contributed by atoms with Gasteiger partial charge in [0.25, 0.3) is 0 Å². The molecule has 59 heavy (non-hydrogen) atoms. The van der Waals surface area contributed by atoms with Crippen LogP contribution in [0.4, 0.5) is 8.78 Å². The minimum atomic E-state index is -1.72. The monoisotopic (exact) mass is 1030 g/mol. The molecular formula is C50H36F2GeIrN4S-2. The standard InChI is InChI=1S/C36H20F2N3S.C14H16GeN.Ir/c37-24-17-18-31-30(19-24)40-36(28-16-8-15-27-29-21-39-33(38)20-32(29)42-35(27)28)41(31)34-25(22-9-3-1-4-10-22)13-7-14-26(34)23-11-5-2-6-12-23;1-15(2,3)13-9-10-14(16-11-13)12-7-5-4-6-8-12;/h1-15,17-21H;4-7,9-11H,1-3H3;/q2*-1;. The van der Waals surface area contributed by atoms with E-state index in [9.17, 15) is 8.78 Å². The quantitative estimate of drug-likeness (QED) is 0.0947. The van der Waals surface area contributed by atoms with Gasteiger partial charge in [0.05, 0.1) is 22.5 Å². The van der Waals surface area contributed by atoms with Gasteiger partial charge in [0.1, 0.15) is 5.82 Å². The predicted molar refractivity (Wildman–Crippen MR) is 238 cm³/mol. The molecule has 0 N–H and O–H groups in total. The number of hydrogen-bond acceptors (Lipinski definition) is 4. The van der Waals surface area contributed by atoms with Crippen LogP contribution in [0.5, 0.6) is 0 Å². The van der Waals surface area contributed by atoms with Crippen molar-refractivity contribution in [1.29, 1.82) is 0 Å². The number of benzene rings is 6. The van der Waals surface area contributed by atoms with Gasteiger partial charge in [0.2, 0.25) is 5.95 Å². The van der Waals surface area contributed by atoms with Crippen molar-refractivity contribution in [3.8, 4) is 50.6 Å². The minimum absolute atomic E-state index is 0. The molecule has 9 heteroatoms. The van der Waals surface area contributed by atoms with Gasteiger partial charge in [-0.25, -0.2) is 9.37 Å². The summed E-state index contributed by atoms with van der Waals surface area (Å²) in [4.78, 5) is 13.5. The van der Waals surface area contributed by atoms with Crippen molar-refractivity contribution in [2.45, 2.75) is 17.3 Å². The number of rotatable bonds is 6. The van der Waals surface area contributed by atoms with Crippen LogP contribution >= 0.6 is 11.3 Å². The maximum Gasteiger partial charge on any atom is 0 e. The van der Waals surface area contributed by atoms with Crippen molar-refractivity contribution in [1.82, 2.24) is 19.5 Å². The van der Waals surface area contributed by atoms with Crippen LogP contribution in [0.1, 0.15) is 0 Å². The molecule has 0 fully saturated rings.